The van der Waals surface area contributed by atoms with E-state index in [1.165, 1.54) is 12.0 Å². The van der Waals surface area contributed by atoms with Gasteiger partial charge in [-0.2, -0.15) is 0 Å². The van der Waals surface area contributed by atoms with Crippen LogP contribution in [0.25, 0.3) is 0 Å². The standard InChI is InChI=1S/C31H31NO5/c1-36-30(34)27(20-24-13-7-3-8-14-24)18-17-26(19-23-11-5-2-6-12-23)29(33)32-28(22-37-31(32)35)21-25-15-9-4-10-16-25/h2-17,27-28H,18-22H2,1H3/t27-,28+/m1/s1. The van der Waals surface area contributed by atoms with Gasteiger partial charge in [0.1, 0.15) is 6.61 Å². The Morgan fingerprint density at radius 3 is 2.08 bits per heavy atom. The number of cyclic esters (lactones) is 1. The largest absolute Gasteiger partial charge is 0.469 e. The summed E-state index contributed by atoms with van der Waals surface area (Å²) in [6.07, 6.45) is 2.78. The van der Waals surface area contributed by atoms with Gasteiger partial charge in [-0.3, -0.25) is 9.59 Å². The molecule has 1 aliphatic heterocycles. The maximum absolute atomic E-state index is 13.8. The molecule has 0 saturated carbocycles. The van der Waals surface area contributed by atoms with Crippen LogP contribution in [-0.4, -0.2) is 42.6 Å². The molecular formula is C31H31NO5. The average molecular weight is 498 g/mol. The molecule has 0 aliphatic carbocycles. The van der Waals surface area contributed by atoms with Crippen LogP contribution in [0.15, 0.2) is 103 Å². The third-order valence-corrected chi connectivity index (χ3v) is 6.51. The fourth-order valence-electron chi connectivity index (χ4n) is 4.56. The number of nitrogens with zero attached hydrogens (tertiary/aromatic N) is 1. The Balaban J connectivity index is 1.60. The van der Waals surface area contributed by atoms with Crippen molar-refractivity contribution < 1.29 is 23.9 Å². The van der Waals surface area contributed by atoms with Gasteiger partial charge >= 0.3 is 12.1 Å². The summed E-state index contributed by atoms with van der Waals surface area (Å²) in [5, 5.41) is 0. The van der Waals surface area contributed by atoms with E-state index in [1.807, 2.05) is 91.0 Å². The van der Waals surface area contributed by atoms with Crippen molar-refractivity contribution in [3.05, 3.63) is 119 Å². The number of hydrogen-bond donors (Lipinski definition) is 0. The molecule has 1 aliphatic rings. The van der Waals surface area contributed by atoms with Crippen LogP contribution in [0, 0.1) is 5.92 Å². The Morgan fingerprint density at radius 2 is 1.49 bits per heavy atom. The molecule has 37 heavy (non-hydrogen) atoms. The van der Waals surface area contributed by atoms with Crippen molar-refractivity contribution in [1.29, 1.82) is 0 Å². The average Bonchev–Trinajstić information content (AvgIpc) is 3.30. The van der Waals surface area contributed by atoms with Gasteiger partial charge in [-0.05, 0) is 36.0 Å². The van der Waals surface area contributed by atoms with E-state index in [9.17, 15) is 14.4 Å². The summed E-state index contributed by atoms with van der Waals surface area (Å²) in [6, 6.07) is 28.6. The van der Waals surface area contributed by atoms with Crippen LogP contribution in [0.3, 0.4) is 0 Å². The molecule has 4 rings (SSSR count). The Labute approximate surface area is 217 Å². The first kappa shape index (κ1) is 25.9. The number of carbonyl (C=O) groups excluding carboxylic acids is 3. The minimum Gasteiger partial charge on any atom is -0.469 e. The van der Waals surface area contributed by atoms with Crippen LogP contribution in [0.4, 0.5) is 4.79 Å². The van der Waals surface area contributed by atoms with Crippen LogP contribution in [0.1, 0.15) is 23.1 Å². The summed E-state index contributed by atoms with van der Waals surface area (Å²) in [7, 11) is 1.37. The Bertz CT molecular complexity index is 1220. The summed E-state index contributed by atoms with van der Waals surface area (Å²) < 4.78 is 10.4. The summed E-state index contributed by atoms with van der Waals surface area (Å²) in [4.78, 5) is 40.3. The highest BCUT2D eigenvalue weighted by molar-refractivity contribution is 6.03. The predicted molar refractivity (Wildman–Crippen MR) is 141 cm³/mol. The number of hydrogen-bond acceptors (Lipinski definition) is 5. The number of methoxy groups -OCH3 is 1. The molecule has 1 heterocycles. The van der Waals surface area contributed by atoms with Gasteiger partial charge in [-0.25, -0.2) is 9.69 Å². The van der Waals surface area contributed by atoms with E-state index in [0.717, 1.165) is 16.7 Å². The molecule has 190 valence electrons. The van der Waals surface area contributed by atoms with Gasteiger partial charge in [0.25, 0.3) is 5.91 Å². The van der Waals surface area contributed by atoms with E-state index in [1.54, 1.807) is 6.08 Å². The molecule has 0 radical (unpaired) electrons. The minimum absolute atomic E-state index is 0.150. The van der Waals surface area contributed by atoms with Crippen LogP contribution in [0.5, 0.6) is 0 Å². The summed E-state index contributed by atoms with van der Waals surface area (Å²) >= 11 is 0. The quantitative estimate of drug-likeness (QED) is 0.286. The number of amides is 2. The van der Waals surface area contributed by atoms with Gasteiger partial charge in [-0.15, -0.1) is 0 Å². The van der Waals surface area contributed by atoms with E-state index in [-0.39, 0.29) is 12.6 Å². The fourth-order valence-corrected chi connectivity index (χ4v) is 4.56. The molecular weight excluding hydrogens is 466 g/mol. The molecule has 1 saturated heterocycles. The maximum Gasteiger partial charge on any atom is 0.417 e. The molecule has 2 amide bonds. The molecule has 0 aromatic heterocycles. The predicted octanol–water partition coefficient (Wildman–Crippen LogP) is 5.17. The Morgan fingerprint density at radius 1 is 0.919 bits per heavy atom. The smallest absolute Gasteiger partial charge is 0.417 e. The summed E-state index contributed by atoms with van der Waals surface area (Å²) in [6.45, 7) is 0.150. The van der Waals surface area contributed by atoms with E-state index >= 15 is 0 Å². The third-order valence-electron chi connectivity index (χ3n) is 6.51. The van der Waals surface area contributed by atoms with Gasteiger partial charge in [0.05, 0.1) is 19.1 Å². The van der Waals surface area contributed by atoms with E-state index < -0.39 is 24.0 Å². The molecule has 6 heteroatoms. The lowest BCUT2D eigenvalue weighted by Crippen LogP contribution is -2.41. The third kappa shape index (κ3) is 6.94. The van der Waals surface area contributed by atoms with E-state index in [0.29, 0.717) is 31.3 Å². The molecule has 6 nitrogen and oxygen atoms in total. The van der Waals surface area contributed by atoms with Crippen LogP contribution < -0.4 is 0 Å². The van der Waals surface area contributed by atoms with Gasteiger partial charge in [0.15, 0.2) is 0 Å². The first-order chi connectivity index (χ1) is 18.0. The highest BCUT2D eigenvalue weighted by Crippen LogP contribution is 2.23. The molecule has 0 bridgehead atoms. The van der Waals surface area contributed by atoms with Crippen molar-refractivity contribution in [2.24, 2.45) is 5.92 Å². The molecule has 3 aromatic carbocycles. The number of ether oxygens (including phenoxy) is 2. The monoisotopic (exact) mass is 497 g/mol. The number of esters is 1. The number of carbonyl (C=O) groups is 3. The van der Waals surface area contributed by atoms with Crippen molar-refractivity contribution in [2.75, 3.05) is 13.7 Å². The second kappa shape index (κ2) is 12.7. The van der Waals surface area contributed by atoms with Crippen LogP contribution >= 0.6 is 0 Å². The van der Waals surface area contributed by atoms with E-state index in [4.69, 9.17) is 9.47 Å². The first-order valence-electron chi connectivity index (χ1n) is 12.4. The molecule has 1 fully saturated rings. The summed E-state index contributed by atoms with van der Waals surface area (Å²) in [5.41, 5.74) is 3.41. The lowest BCUT2D eigenvalue weighted by molar-refractivity contribution is -0.145. The van der Waals surface area contributed by atoms with Crippen molar-refractivity contribution >= 4 is 18.0 Å². The Hall–Kier alpha value is -4.19. The first-order valence-corrected chi connectivity index (χ1v) is 12.4. The van der Waals surface area contributed by atoms with Gasteiger partial charge in [0.2, 0.25) is 0 Å². The molecule has 0 spiro atoms. The van der Waals surface area contributed by atoms with Crippen molar-refractivity contribution in [2.45, 2.75) is 31.7 Å². The molecule has 2 atom stereocenters. The second-order valence-corrected chi connectivity index (χ2v) is 9.13. The zero-order chi connectivity index (χ0) is 26.0. The minimum atomic E-state index is -0.640. The number of imide groups is 1. The van der Waals surface area contributed by atoms with E-state index in [2.05, 4.69) is 0 Å². The van der Waals surface area contributed by atoms with Gasteiger partial charge in [-0.1, -0.05) is 97.1 Å². The number of allylic oxidation sites excluding steroid dienone is 1. The van der Waals surface area contributed by atoms with Gasteiger partial charge < -0.3 is 9.47 Å². The lowest BCUT2D eigenvalue weighted by atomic mass is 9.93. The highest BCUT2D eigenvalue weighted by Gasteiger charge is 2.39. The highest BCUT2D eigenvalue weighted by atomic mass is 16.6. The SMILES string of the molecule is COC(=O)[C@H](CC=C(Cc1ccccc1)C(=O)N1C(=O)OC[C@@H]1Cc1ccccc1)Cc1ccccc1. The summed E-state index contributed by atoms with van der Waals surface area (Å²) in [5.74, 6) is -1.19. The van der Waals surface area contributed by atoms with Crippen LogP contribution in [-0.2, 0) is 38.3 Å². The van der Waals surface area contributed by atoms with Crippen molar-refractivity contribution in [1.82, 2.24) is 4.90 Å². The van der Waals surface area contributed by atoms with Crippen LogP contribution in [0.2, 0.25) is 0 Å². The molecule has 0 unspecified atom stereocenters. The number of rotatable bonds is 10. The maximum atomic E-state index is 13.8. The Kier molecular flexibility index (Phi) is 8.87. The van der Waals surface area contributed by atoms with Crippen molar-refractivity contribution in [3.63, 3.8) is 0 Å². The normalized spacial score (nSPS) is 16.2. The number of benzene rings is 3. The van der Waals surface area contributed by atoms with Crippen molar-refractivity contribution in [3.8, 4) is 0 Å². The lowest BCUT2D eigenvalue weighted by Gasteiger charge is -2.22. The molecule has 3 aromatic rings. The fraction of sp³-hybridized carbons (Fsp3) is 0.258. The van der Waals surface area contributed by atoms with Gasteiger partial charge in [0, 0.05) is 12.0 Å². The topological polar surface area (TPSA) is 72.9 Å². The second-order valence-electron chi connectivity index (χ2n) is 9.13. The zero-order valence-corrected chi connectivity index (χ0v) is 20.9. The molecule has 0 N–H and O–H groups in total. The zero-order valence-electron chi connectivity index (χ0n) is 20.9.